The Hall–Kier alpha value is -13.4. The fraction of sp³-hybridized carbons (Fsp3) is 0.370. The normalized spacial score (nSPS) is 13.3. The first-order valence-corrected chi connectivity index (χ1v) is 52.2. The van der Waals surface area contributed by atoms with Gasteiger partial charge >= 0.3 is 0 Å². The molecule has 15 heteroatoms. The predicted octanol–water partition coefficient (Wildman–Crippen LogP) is 31.7. The number of aryl methyl sites for hydroxylation is 16. The van der Waals surface area contributed by atoms with E-state index in [1.165, 1.54) is 181 Å². The molecular formula is C127H145N10O5+5. The molecule has 5 aromatic carbocycles. The van der Waals surface area contributed by atoms with Crippen LogP contribution < -0.4 is 22.8 Å². The monoisotopic (exact) mass is 1890 g/mol. The van der Waals surface area contributed by atoms with E-state index in [9.17, 15) is 0 Å². The van der Waals surface area contributed by atoms with Gasteiger partial charge in [-0.2, -0.15) is 0 Å². The molecule has 0 N–H and O–H groups in total. The van der Waals surface area contributed by atoms with Crippen molar-refractivity contribution in [2.45, 2.75) is 277 Å². The first-order valence-electron chi connectivity index (χ1n) is 52.2. The van der Waals surface area contributed by atoms with Gasteiger partial charge < -0.3 is 22.1 Å². The van der Waals surface area contributed by atoms with Crippen LogP contribution in [0.4, 0.5) is 0 Å². The third-order valence-electron chi connectivity index (χ3n) is 30.5. The highest BCUT2D eigenvalue weighted by atomic mass is 16.4. The third kappa shape index (κ3) is 19.0. The zero-order chi connectivity index (χ0) is 101. The summed E-state index contributed by atoms with van der Waals surface area (Å²) in [5, 5.41) is 11.2. The second kappa shape index (κ2) is 40.5. The van der Waals surface area contributed by atoms with Crippen molar-refractivity contribution in [2.75, 3.05) is 0 Å². The van der Waals surface area contributed by atoms with Crippen LogP contribution in [0.1, 0.15) is 308 Å². The molecule has 2 saturated carbocycles. The number of fused-ring (bicyclic) bond motifs is 15. The Morgan fingerprint density at radius 3 is 0.817 bits per heavy atom. The predicted molar refractivity (Wildman–Crippen MR) is 584 cm³/mol. The number of rotatable bonds is 15. The number of hydrogen-bond donors (Lipinski definition) is 0. The summed E-state index contributed by atoms with van der Waals surface area (Å²) in [7, 11) is 10.6. The van der Waals surface area contributed by atoms with Gasteiger partial charge in [-0.1, -0.05) is 190 Å². The van der Waals surface area contributed by atoms with Crippen molar-refractivity contribution in [3.8, 4) is 56.3 Å². The van der Waals surface area contributed by atoms with E-state index < -0.39 is 0 Å². The average molecular weight is 1890 g/mol. The Bertz CT molecular complexity index is 7870. The second-order valence-electron chi connectivity index (χ2n) is 42.8. The number of hydrogen-bond acceptors (Lipinski definition) is 10. The van der Waals surface area contributed by atoms with Gasteiger partial charge in [-0.25, -0.2) is 47.8 Å². The Morgan fingerprint density at radius 1 is 0.261 bits per heavy atom. The Balaban J connectivity index is 0.000000117. The van der Waals surface area contributed by atoms with Crippen LogP contribution in [0.3, 0.4) is 0 Å². The lowest BCUT2D eigenvalue weighted by atomic mass is 9.86. The maximum atomic E-state index is 6.55. The van der Waals surface area contributed by atoms with E-state index in [1.54, 1.807) is 0 Å². The van der Waals surface area contributed by atoms with Crippen molar-refractivity contribution in [1.82, 2.24) is 24.9 Å². The summed E-state index contributed by atoms with van der Waals surface area (Å²) >= 11 is 0. The highest BCUT2D eigenvalue weighted by molar-refractivity contribution is 6.13. The summed E-state index contributed by atoms with van der Waals surface area (Å²) in [5.74, 6) is 4.05. The van der Waals surface area contributed by atoms with Gasteiger partial charge in [-0.15, -0.1) is 0 Å². The summed E-state index contributed by atoms with van der Waals surface area (Å²) in [6, 6.07) is 57.2. The van der Waals surface area contributed by atoms with Crippen molar-refractivity contribution in [3.63, 3.8) is 0 Å². The van der Waals surface area contributed by atoms with Crippen LogP contribution in [0, 0.1) is 62.3 Å². The number of pyridine rings is 10. The standard InChI is InChI=1S/C29H33N2O.2C25H29N2O.2C24H27N2O/c1-19-12-13-23-24-14-15-25(21-10-4-3-5-11-21)30-29(24)32-28(23)27(19)26-18-22(16-17-31(26)2)20-8-6-7-9-20;2*1-14(2)20-13-27(7)22(12-17(20)6)23-16(5)8-9-18-19-10-11-21(15(3)4)26-25(19)28-24(18)23;2*1-7-17-9-11-19-18-10-8-15(4)22(23(18)27-24(19)25-17)21-12-16(5)20(14(2)3)13-26(21)6/h12-18,20-21H,3-11H2,1-2H3;2*8-15H,1-7H3;2*8-14H,7H2,1-6H3/q5*+1. The summed E-state index contributed by atoms with van der Waals surface area (Å²) in [4.78, 5) is 24.0. The summed E-state index contributed by atoms with van der Waals surface area (Å²) in [6.45, 7) is 50.4. The van der Waals surface area contributed by atoms with Crippen LogP contribution >= 0.6 is 0 Å². The molecule has 0 radical (unpaired) electrons. The van der Waals surface area contributed by atoms with Crippen molar-refractivity contribution in [2.24, 2.45) is 35.2 Å². The fourth-order valence-electron chi connectivity index (χ4n) is 22.3. The molecule has 0 bridgehead atoms. The third-order valence-corrected chi connectivity index (χ3v) is 30.5. The van der Waals surface area contributed by atoms with Crippen molar-refractivity contribution < 1.29 is 44.9 Å². The van der Waals surface area contributed by atoms with Crippen molar-refractivity contribution >= 4 is 110 Å². The molecular weight excluding hydrogens is 1750 g/mol. The summed E-state index contributed by atoms with van der Waals surface area (Å²) < 4.78 is 43.0. The molecule has 142 heavy (non-hydrogen) atoms. The number of furan rings is 5. The van der Waals surface area contributed by atoms with E-state index in [1.807, 2.05) is 0 Å². The largest absolute Gasteiger partial charge is 0.437 e. The Morgan fingerprint density at radius 2 is 0.521 bits per heavy atom. The molecule has 15 nitrogen and oxygen atoms in total. The molecule has 0 atom stereocenters. The molecule has 0 saturated heterocycles. The Labute approximate surface area is 838 Å². The molecule has 15 heterocycles. The van der Waals surface area contributed by atoms with Crippen molar-refractivity contribution in [1.29, 1.82) is 0 Å². The second-order valence-corrected chi connectivity index (χ2v) is 42.8. The molecule has 20 aromatic rings. The molecule has 22 rings (SSSR count). The minimum Gasteiger partial charge on any atom is -0.437 e. The molecule has 15 aromatic heterocycles. The van der Waals surface area contributed by atoms with E-state index in [2.05, 4.69) is 406 Å². The van der Waals surface area contributed by atoms with E-state index in [4.69, 9.17) is 47.0 Å². The molecule has 2 aliphatic rings. The van der Waals surface area contributed by atoms with Crippen LogP contribution in [0.25, 0.3) is 167 Å². The fourth-order valence-corrected chi connectivity index (χ4v) is 22.3. The maximum Gasteiger partial charge on any atom is 0.227 e. The van der Waals surface area contributed by atoms with Gasteiger partial charge in [0.2, 0.25) is 57.0 Å². The van der Waals surface area contributed by atoms with Gasteiger partial charge in [0, 0.05) is 147 Å². The maximum absolute atomic E-state index is 6.55. The molecule has 0 spiro atoms. The molecule has 728 valence electrons. The van der Waals surface area contributed by atoms with E-state index in [0.29, 0.717) is 47.3 Å². The smallest absolute Gasteiger partial charge is 0.227 e. The van der Waals surface area contributed by atoms with E-state index in [0.717, 1.165) is 163 Å². The van der Waals surface area contributed by atoms with Gasteiger partial charge in [0.15, 0.2) is 58.9 Å². The summed E-state index contributed by atoms with van der Waals surface area (Å²) in [5.41, 5.74) is 44.0. The lowest BCUT2D eigenvalue weighted by Crippen LogP contribution is -2.32. The van der Waals surface area contributed by atoms with Crippen LogP contribution in [-0.4, -0.2) is 24.9 Å². The van der Waals surface area contributed by atoms with Crippen LogP contribution in [0.5, 0.6) is 0 Å². The van der Waals surface area contributed by atoms with Crippen molar-refractivity contribution in [3.05, 3.63) is 295 Å². The topological polar surface area (TPSA) is 150 Å². The lowest BCUT2D eigenvalue weighted by Gasteiger charge is -2.20. The Kier molecular flexibility index (Phi) is 28.2. The van der Waals surface area contributed by atoms with Gasteiger partial charge in [0.1, 0.15) is 35.2 Å². The zero-order valence-electron chi connectivity index (χ0n) is 89.3. The number of nitrogens with zero attached hydrogens (tertiary/aromatic N) is 10. The van der Waals surface area contributed by atoms with Gasteiger partial charge in [0.05, 0.1) is 27.8 Å². The van der Waals surface area contributed by atoms with Gasteiger partial charge in [-0.3, -0.25) is 0 Å². The molecule has 0 amide bonds. The van der Waals surface area contributed by atoms with Crippen LogP contribution in [-0.2, 0) is 48.1 Å². The van der Waals surface area contributed by atoms with Gasteiger partial charge in [-0.05, 0) is 259 Å². The molecule has 0 aliphatic heterocycles. The lowest BCUT2D eigenvalue weighted by molar-refractivity contribution is -0.661. The first-order chi connectivity index (χ1) is 68.0. The minimum atomic E-state index is 0.378. The zero-order valence-corrected chi connectivity index (χ0v) is 89.3. The van der Waals surface area contributed by atoms with Crippen LogP contribution in [0.2, 0.25) is 0 Å². The van der Waals surface area contributed by atoms with E-state index >= 15 is 0 Å². The highest BCUT2D eigenvalue weighted by Gasteiger charge is 2.33. The van der Waals surface area contributed by atoms with E-state index in [-0.39, 0.29) is 0 Å². The molecule has 2 fully saturated rings. The number of benzene rings is 5. The molecule has 2 aliphatic carbocycles. The quantitative estimate of drug-likeness (QED) is 0.0908. The molecule has 0 unspecified atom stereocenters. The van der Waals surface area contributed by atoms with Gasteiger partial charge in [0.25, 0.3) is 0 Å². The average Bonchev–Trinajstić information content (AvgIpc) is 1.59. The SMILES string of the molecule is CCc1ccc2c(n1)oc1c(-c3cc(C)c(C(C)C)c[n+]3C)c(C)ccc12.CCc1ccc2c(n1)oc1c(-c3cc(C)c(C(C)C)c[n+]3C)c(C)ccc12.Cc1cc(-c2c(C)ccc3c2oc2nc(C(C)C)ccc23)[n+](C)cc1C(C)C.Cc1cc(-c2c(C)ccc3c2oc2nc(C(C)C)ccc23)[n+](C)cc1C(C)C.Cc1ccc2c(oc3nc(C4CCCCC4)ccc32)c1-c1cc(C2CCCC2)cc[n+]1C. The number of aromatic nitrogens is 10. The highest BCUT2D eigenvalue weighted by Crippen LogP contribution is 2.46. The van der Waals surface area contributed by atoms with Crippen LogP contribution in [0.15, 0.2) is 211 Å². The summed E-state index contributed by atoms with van der Waals surface area (Å²) in [6.07, 6.45) is 24.9. The minimum absolute atomic E-state index is 0.378. The first kappa shape index (κ1) is 98.8.